The fraction of sp³-hybridized carbons (Fsp3) is 0.733. The molecule has 1 aliphatic carbocycles. The number of carbonyl (C=O) groups is 2. The molecule has 0 aromatic rings. The first-order valence-electron chi connectivity index (χ1n) is 6.70. The second-order valence-corrected chi connectivity index (χ2v) is 6.01. The van der Waals surface area contributed by atoms with Crippen LogP contribution in [0.15, 0.2) is 11.1 Å². The van der Waals surface area contributed by atoms with Gasteiger partial charge in [-0.15, -0.1) is 0 Å². The predicted octanol–water partition coefficient (Wildman–Crippen LogP) is -1.37. The number of hydrogen-bond acceptors (Lipinski definition) is 4. The van der Waals surface area contributed by atoms with Crippen LogP contribution in [-0.4, -0.2) is 24.0 Å². The summed E-state index contributed by atoms with van der Waals surface area (Å²) >= 11 is 0. The Morgan fingerprint density at radius 1 is 1.30 bits per heavy atom. The maximum atomic E-state index is 11.2. The number of ether oxygens (including phenoxy) is 1. The summed E-state index contributed by atoms with van der Waals surface area (Å²) in [5, 5.41) is 8.89. The number of carbonyl (C=O) groups excluding carboxylic acids is 2. The van der Waals surface area contributed by atoms with Crippen LogP contribution >= 0.6 is 0 Å². The van der Waals surface area contributed by atoms with E-state index in [1.54, 1.807) is 6.92 Å². The first kappa shape index (κ1) is 20.5. The Kier molecular flexibility index (Phi) is 8.39. The van der Waals surface area contributed by atoms with Gasteiger partial charge in [0.25, 0.3) is 0 Å². The van der Waals surface area contributed by atoms with Crippen LogP contribution in [0, 0.1) is 5.41 Å². The molecule has 0 bridgehead atoms. The van der Waals surface area contributed by atoms with Crippen LogP contribution in [0.2, 0.25) is 0 Å². The second kappa shape index (κ2) is 8.20. The Bertz CT molecular complexity index is 408. The number of carboxylic acid groups (broad SMARTS) is 1. The van der Waals surface area contributed by atoms with Gasteiger partial charge in [-0.2, -0.15) is 0 Å². The molecule has 0 spiro atoms. The van der Waals surface area contributed by atoms with Gasteiger partial charge in [-0.25, -0.2) is 0 Å². The summed E-state index contributed by atoms with van der Waals surface area (Å²) in [4.78, 5) is 20.1. The van der Waals surface area contributed by atoms with Gasteiger partial charge in [0.05, 0.1) is 0 Å². The fourth-order valence-corrected chi connectivity index (χ4v) is 2.91. The zero-order chi connectivity index (χ0) is 14.8. The third-order valence-corrected chi connectivity index (χ3v) is 3.72. The van der Waals surface area contributed by atoms with Crippen LogP contribution in [0.3, 0.4) is 0 Å². The number of ketones is 1. The van der Waals surface area contributed by atoms with E-state index in [1.165, 1.54) is 30.4 Å². The molecule has 0 N–H and O–H groups in total. The first-order valence-corrected chi connectivity index (χ1v) is 6.70. The van der Waals surface area contributed by atoms with Crippen LogP contribution in [0.5, 0.6) is 0 Å². The number of Topliss-reactive ketones (excluding diaryl/α,β-unsaturated/α-hetero) is 1. The third kappa shape index (κ3) is 5.70. The SMILES string of the molecule is CC(=O)C1OC1C1=C(C)CCCC1(C)C.CC(=O)[O-].[K+]. The van der Waals surface area contributed by atoms with Gasteiger partial charge >= 0.3 is 51.4 Å². The van der Waals surface area contributed by atoms with E-state index in [-0.39, 0.29) is 74.8 Å². The minimum absolute atomic E-state index is 0. The largest absolute Gasteiger partial charge is 1.00 e. The zero-order valence-corrected chi connectivity index (χ0v) is 16.5. The minimum atomic E-state index is -1.08. The molecule has 1 heterocycles. The van der Waals surface area contributed by atoms with Gasteiger partial charge in [-0.3, -0.25) is 4.79 Å². The van der Waals surface area contributed by atoms with Crippen molar-refractivity contribution in [2.45, 2.75) is 66.1 Å². The number of allylic oxidation sites excluding steroid dienone is 1. The molecule has 108 valence electrons. The van der Waals surface area contributed by atoms with Gasteiger partial charge in [-0.05, 0) is 51.0 Å². The topological polar surface area (TPSA) is 69.7 Å². The summed E-state index contributed by atoms with van der Waals surface area (Å²) in [6.07, 6.45) is 3.60. The molecule has 2 atom stereocenters. The fourth-order valence-electron chi connectivity index (χ4n) is 2.91. The molecule has 4 nitrogen and oxygen atoms in total. The smallest absolute Gasteiger partial charge is 0.550 e. The number of epoxide rings is 1. The van der Waals surface area contributed by atoms with Crippen molar-refractivity contribution in [1.29, 1.82) is 0 Å². The van der Waals surface area contributed by atoms with E-state index in [0.29, 0.717) is 0 Å². The third-order valence-electron chi connectivity index (χ3n) is 3.72. The predicted molar refractivity (Wildman–Crippen MR) is 70.4 cm³/mol. The first-order chi connectivity index (χ1) is 8.66. The van der Waals surface area contributed by atoms with Crippen molar-refractivity contribution in [1.82, 2.24) is 0 Å². The molecule has 0 saturated carbocycles. The molecule has 0 aromatic carbocycles. The van der Waals surface area contributed by atoms with E-state index in [4.69, 9.17) is 14.6 Å². The molecule has 1 saturated heterocycles. The Balaban J connectivity index is 0.000000644. The molecule has 2 unspecified atom stereocenters. The van der Waals surface area contributed by atoms with Crippen molar-refractivity contribution in [3.63, 3.8) is 0 Å². The molecule has 0 aromatic heterocycles. The summed E-state index contributed by atoms with van der Waals surface area (Å²) in [6, 6.07) is 0. The van der Waals surface area contributed by atoms with E-state index in [1.807, 2.05) is 0 Å². The second-order valence-electron chi connectivity index (χ2n) is 6.01. The van der Waals surface area contributed by atoms with Crippen LogP contribution in [0.4, 0.5) is 0 Å². The Labute approximate surface area is 163 Å². The van der Waals surface area contributed by atoms with Crippen LogP contribution in [0.1, 0.15) is 53.9 Å². The zero-order valence-electron chi connectivity index (χ0n) is 13.4. The average molecular weight is 306 g/mol. The molecule has 2 rings (SSSR count). The molecular formula is C15H23KO4. The summed E-state index contributed by atoms with van der Waals surface area (Å²) in [6.45, 7) is 9.32. The normalized spacial score (nSPS) is 26.9. The van der Waals surface area contributed by atoms with Crippen molar-refractivity contribution in [2.75, 3.05) is 0 Å². The van der Waals surface area contributed by atoms with Gasteiger partial charge < -0.3 is 14.6 Å². The molecule has 1 fully saturated rings. The van der Waals surface area contributed by atoms with Gasteiger partial charge in [-0.1, -0.05) is 19.4 Å². The average Bonchev–Trinajstić information content (AvgIpc) is 2.94. The van der Waals surface area contributed by atoms with Crippen LogP contribution in [-0.2, 0) is 14.3 Å². The van der Waals surface area contributed by atoms with Crippen LogP contribution < -0.4 is 56.5 Å². The monoisotopic (exact) mass is 306 g/mol. The molecule has 2 aliphatic rings. The van der Waals surface area contributed by atoms with Crippen molar-refractivity contribution in [2.24, 2.45) is 5.41 Å². The van der Waals surface area contributed by atoms with Crippen molar-refractivity contribution in [3.05, 3.63) is 11.1 Å². The molecule has 1 aliphatic heterocycles. The van der Waals surface area contributed by atoms with Crippen molar-refractivity contribution >= 4 is 11.8 Å². The Morgan fingerprint density at radius 2 is 1.80 bits per heavy atom. The minimum Gasteiger partial charge on any atom is -0.550 e. The van der Waals surface area contributed by atoms with Crippen molar-refractivity contribution < 1.29 is 70.8 Å². The number of rotatable bonds is 2. The van der Waals surface area contributed by atoms with Gasteiger partial charge in [0.1, 0.15) is 12.2 Å². The van der Waals surface area contributed by atoms with Crippen molar-refractivity contribution in [3.8, 4) is 0 Å². The summed E-state index contributed by atoms with van der Waals surface area (Å²) in [5.74, 6) is -0.915. The van der Waals surface area contributed by atoms with Gasteiger partial charge in [0.2, 0.25) is 0 Å². The van der Waals surface area contributed by atoms with E-state index in [2.05, 4.69) is 20.8 Å². The maximum absolute atomic E-state index is 11.2. The Morgan fingerprint density at radius 3 is 2.15 bits per heavy atom. The number of aliphatic carboxylic acids is 1. The standard InChI is InChI=1S/C13H20O2.C2H4O2.K/c1-8-6-5-7-13(3,4)10(8)12-11(15-12)9(2)14;1-2(3)4;/h11-12H,5-7H2,1-4H3;1H3,(H,3,4);/q;;+1/p-1. The number of hydrogen-bond donors (Lipinski definition) is 0. The summed E-state index contributed by atoms with van der Waals surface area (Å²) < 4.78 is 5.52. The Hall–Kier alpha value is 0.476. The summed E-state index contributed by atoms with van der Waals surface area (Å²) in [7, 11) is 0. The summed E-state index contributed by atoms with van der Waals surface area (Å²) in [5.41, 5.74) is 3.06. The molecule has 0 amide bonds. The van der Waals surface area contributed by atoms with E-state index in [9.17, 15) is 4.79 Å². The quantitative estimate of drug-likeness (QED) is 0.359. The van der Waals surface area contributed by atoms with Gasteiger partial charge in [0.15, 0.2) is 5.78 Å². The van der Waals surface area contributed by atoms with Crippen LogP contribution in [0.25, 0.3) is 0 Å². The molecular weight excluding hydrogens is 283 g/mol. The molecule has 20 heavy (non-hydrogen) atoms. The maximum Gasteiger partial charge on any atom is 1.00 e. The van der Waals surface area contributed by atoms with E-state index in [0.717, 1.165) is 6.92 Å². The van der Waals surface area contributed by atoms with E-state index < -0.39 is 5.97 Å². The van der Waals surface area contributed by atoms with Gasteiger partial charge in [0, 0.05) is 5.97 Å². The van der Waals surface area contributed by atoms with E-state index >= 15 is 0 Å². The molecule has 0 radical (unpaired) electrons. The number of carboxylic acids is 1. The molecule has 5 heteroatoms.